The third-order valence-electron chi connectivity index (χ3n) is 3.00. The smallest absolute Gasteiger partial charge is 0.303 e. The molecule has 0 fully saturated rings. The van der Waals surface area contributed by atoms with Gasteiger partial charge in [0.15, 0.2) is 5.78 Å². The fraction of sp³-hybridized carbons (Fsp3) is 0.615. The highest BCUT2D eigenvalue weighted by molar-refractivity contribution is 5.95. The normalized spacial score (nSPS) is 10.6. The molecule has 0 radical (unpaired) electrons. The molecule has 1 aromatic rings. The maximum absolute atomic E-state index is 11.9. The van der Waals surface area contributed by atoms with Crippen LogP contribution in [0.5, 0.6) is 0 Å². The zero-order valence-corrected chi connectivity index (χ0v) is 11.2. The maximum Gasteiger partial charge on any atom is 0.330 e. The van der Waals surface area contributed by atoms with Crippen LogP contribution in [0.1, 0.15) is 49.4 Å². The molecule has 0 aliphatic carbocycles. The van der Waals surface area contributed by atoms with Crippen LogP contribution in [0.4, 0.5) is 0 Å². The lowest BCUT2D eigenvalue weighted by molar-refractivity contribution is 0.0976. The first kappa shape index (κ1) is 14.4. The largest absolute Gasteiger partial charge is 0.330 e. The average molecular weight is 252 g/mol. The lowest BCUT2D eigenvalue weighted by Gasteiger charge is -2.05. The number of hydrogen-bond acceptors (Lipinski definition) is 3. The number of aromatic nitrogens is 2. The minimum Gasteiger partial charge on any atom is -0.303 e. The standard InChI is InChI=1S/C13H20N2O3/c1-4-5-6-7-8-11(16)10-9-14(2)13(18)15(3)12(10)17/h9H,4-8H2,1-3H3. The SMILES string of the molecule is CCCCCCC(=O)c1cn(C)c(=O)n(C)c1=O. The summed E-state index contributed by atoms with van der Waals surface area (Å²) in [6.45, 7) is 2.10. The summed E-state index contributed by atoms with van der Waals surface area (Å²) in [5.41, 5.74) is -0.808. The molecule has 0 saturated carbocycles. The number of nitrogens with zero attached hydrogens (tertiary/aromatic N) is 2. The molecule has 0 aromatic carbocycles. The lowest BCUT2D eigenvalue weighted by atomic mass is 10.1. The summed E-state index contributed by atoms with van der Waals surface area (Å²) in [5.74, 6) is -0.178. The second-order valence-electron chi connectivity index (χ2n) is 4.53. The molecular weight excluding hydrogens is 232 g/mol. The van der Waals surface area contributed by atoms with Gasteiger partial charge in [-0.3, -0.25) is 14.2 Å². The van der Waals surface area contributed by atoms with Gasteiger partial charge in [0.05, 0.1) is 5.56 Å². The van der Waals surface area contributed by atoms with Crippen LogP contribution in [0.15, 0.2) is 15.8 Å². The molecule has 1 heterocycles. The number of rotatable bonds is 6. The second-order valence-corrected chi connectivity index (χ2v) is 4.53. The van der Waals surface area contributed by atoms with E-state index in [4.69, 9.17) is 0 Å². The topological polar surface area (TPSA) is 61.1 Å². The van der Waals surface area contributed by atoms with Crippen molar-refractivity contribution in [3.63, 3.8) is 0 Å². The Hall–Kier alpha value is -1.65. The summed E-state index contributed by atoms with van der Waals surface area (Å²) < 4.78 is 2.24. The number of unbranched alkanes of at least 4 members (excludes halogenated alkanes) is 3. The van der Waals surface area contributed by atoms with Crippen molar-refractivity contribution < 1.29 is 4.79 Å². The van der Waals surface area contributed by atoms with Crippen LogP contribution in [0.2, 0.25) is 0 Å². The number of aryl methyl sites for hydroxylation is 1. The van der Waals surface area contributed by atoms with Gasteiger partial charge in [-0.15, -0.1) is 0 Å². The van der Waals surface area contributed by atoms with E-state index < -0.39 is 11.2 Å². The third-order valence-corrected chi connectivity index (χ3v) is 3.00. The van der Waals surface area contributed by atoms with Gasteiger partial charge < -0.3 is 4.57 Å². The maximum atomic E-state index is 11.9. The van der Waals surface area contributed by atoms with Gasteiger partial charge in [0.1, 0.15) is 0 Å². The first-order valence-electron chi connectivity index (χ1n) is 6.29. The molecular formula is C13H20N2O3. The van der Waals surface area contributed by atoms with E-state index in [1.807, 2.05) is 0 Å². The van der Waals surface area contributed by atoms with E-state index >= 15 is 0 Å². The van der Waals surface area contributed by atoms with E-state index in [9.17, 15) is 14.4 Å². The molecule has 1 rings (SSSR count). The van der Waals surface area contributed by atoms with Crippen molar-refractivity contribution >= 4 is 5.78 Å². The predicted octanol–water partition coefficient (Wildman–Crippen LogP) is 1.24. The Labute approximate surface area is 106 Å². The Morgan fingerprint density at radius 1 is 1.17 bits per heavy atom. The van der Waals surface area contributed by atoms with Gasteiger partial charge in [0.25, 0.3) is 5.56 Å². The van der Waals surface area contributed by atoms with E-state index in [2.05, 4.69) is 6.92 Å². The van der Waals surface area contributed by atoms with E-state index in [0.29, 0.717) is 6.42 Å². The Morgan fingerprint density at radius 3 is 2.44 bits per heavy atom. The Bertz CT molecular complexity index is 540. The summed E-state index contributed by atoms with van der Waals surface area (Å²) in [6, 6.07) is 0. The molecule has 0 aliphatic heterocycles. The van der Waals surface area contributed by atoms with Crippen LogP contribution in [0.25, 0.3) is 0 Å². The first-order chi connectivity index (χ1) is 8.49. The minimum absolute atomic E-state index is 0.107. The summed E-state index contributed by atoms with van der Waals surface area (Å²) in [6.07, 6.45) is 5.70. The minimum atomic E-state index is -0.501. The quantitative estimate of drug-likeness (QED) is 0.565. The second kappa shape index (κ2) is 6.33. The number of carbonyl (C=O) groups is 1. The van der Waals surface area contributed by atoms with Crippen LogP contribution < -0.4 is 11.2 Å². The summed E-state index contributed by atoms with van der Waals surface area (Å²) in [4.78, 5) is 35.2. The third kappa shape index (κ3) is 3.18. The van der Waals surface area contributed by atoms with Crippen molar-refractivity contribution in [2.24, 2.45) is 14.1 Å². The summed E-state index contributed by atoms with van der Waals surface area (Å²) in [7, 11) is 2.92. The molecule has 5 nitrogen and oxygen atoms in total. The molecule has 0 unspecified atom stereocenters. The van der Waals surface area contributed by atoms with Gasteiger partial charge in [-0.1, -0.05) is 26.2 Å². The van der Waals surface area contributed by atoms with Gasteiger partial charge in [-0.05, 0) is 6.42 Å². The zero-order chi connectivity index (χ0) is 13.7. The van der Waals surface area contributed by atoms with Crippen molar-refractivity contribution in [2.75, 3.05) is 0 Å². The number of ketones is 1. The van der Waals surface area contributed by atoms with Gasteiger partial charge >= 0.3 is 5.69 Å². The van der Waals surface area contributed by atoms with E-state index in [-0.39, 0.29) is 11.3 Å². The van der Waals surface area contributed by atoms with Gasteiger partial charge in [-0.25, -0.2) is 4.79 Å². The van der Waals surface area contributed by atoms with Crippen molar-refractivity contribution in [1.82, 2.24) is 9.13 Å². The average Bonchev–Trinajstić information content (AvgIpc) is 2.36. The van der Waals surface area contributed by atoms with Crippen LogP contribution in [-0.2, 0) is 14.1 Å². The van der Waals surface area contributed by atoms with Crippen molar-refractivity contribution in [2.45, 2.75) is 39.0 Å². The summed E-state index contributed by atoms with van der Waals surface area (Å²) >= 11 is 0. The Balaban J connectivity index is 2.87. The number of carbonyl (C=O) groups excluding carboxylic acids is 1. The molecule has 0 saturated heterocycles. The van der Waals surface area contributed by atoms with Crippen LogP contribution >= 0.6 is 0 Å². The van der Waals surface area contributed by atoms with Gasteiger partial charge in [0, 0.05) is 26.7 Å². The van der Waals surface area contributed by atoms with Crippen molar-refractivity contribution in [1.29, 1.82) is 0 Å². The molecule has 5 heteroatoms. The molecule has 0 amide bonds. The fourth-order valence-corrected chi connectivity index (χ4v) is 1.85. The molecule has 0 N–H and O–H groups in total. The predicted molar refractivity (Wildman–Crippen MR) is 70.0 cm³/mol. The van der Waals surface area contributed by atoms with E-state index in [0.717, 1.165) is 30.3 Å². The molecule has 0 bridgehead atoms. The molecule has 0 spiro atoms. The lowest BCUT2D eigenvalue weighted by Crippen LogP contribution is -2.39. The molecule has 18 heavy (non-hydrogen) atoms. The monoisotopic (exact) mass is 252 g/mol. The number of hydrogen-bond donors (Lipinski definition) is 0. The summed E-state index contributed by atoms with van der Waals surface area (Å²) in [5, 5.41) is 0. The molecule has 1 aromatic heterocycles. The highest BCUT2D eigenvalue weighted by Crippen LogP contribution is 2.05. The van der Waals surface area contributed by atoms with Crippen molar-refractivity contribution in [3.05, 3.63) is 32.6 Å². The first-order valence-corrected chi connectivity index (χ1v) is 6.29. The van der Waals surface area contributed by atoms with E-state index in [1.54, 1.807) is 0 Å². The Kier molecular flexibility index (Phi) is 5.07. The van der Waals surface area contributed by atoms with Gasteiger partial charge in [0.2, 0.25) is 0 Å². The fourth-order valence-electron chi connectivity index (χ4n) is 1.85. The van der Waals surface area contributed by atoms with Crippen LogP contribution in [-0.4, -0.2) is 14.9 Å². The highest BCUT2D eigenvalue weighted by atomic mass is 16.2. The molecule has 0 atom stereocenters. The van der Waals surface area contributed by atoms with Crippen LogP contribution in [0, 0.1) is 0 Å². The van der Waals surface area contributed by atoms with Crippen molar-refractivity contribution in [3.8, 4) is 0 Å². The number of Topliss-reactive ketones (excluding diaryl/α,β-unsaturated/α-hetero) is 1. The van der Waals surface area contributed by atoms with Gasteiger partial charge in [-0.2, -0.15) is 0 Å². The van der Waals surface area contributed by atoms with E-state index in [1.165, 1.54) is 24.9 Å². The highest BCUT2D eigenvalue weighted by Gasteiger charge is 2.13. The molecule has 0 aliphatic rings. The molecule has 100 valence electrons. The Morgan fingerprint density at radius 2 is 1.83 bits per heavy atom. The zero-order valence-electron chi connectivity index (χ0n) is 11.2. The van der Waals surface area contributed by atoms with Crippen LogP contribution in [0.3, 0.4) is 0 Å².